The molecule has 5 nitrogen and oxygen atoms in total. The summed E-state index contributed by atoms with van der Waals surface area (Å²) >= 11 is 0. The fourth-order valence-corrected chi connectivity index (χ4v) is 2.85. The van der Waals surface area contributed by atoms with Crippen LogP contribution < -0.4 is 14.8 Å². The first-order chi connectivity index (χ1) is 12.8. The smallest absolute Gasteiger partial charge is 0.257 e. The fraction of sp³-hybridized carbons (Fsp3) is 0.286. The molecule has 0 fully saturated rings. The van der Waals surface area contributed by atoms with E-state index in [2.05, 4.69) is 34.3 Å². The number of carbonyl (C=O) groups is 1. The lowest BCUT2D eigenvalue weighted by Crippen LogP contribution is -2.30. The highest BCUT2D eigenvalue weighted by atomic mass is 16.5. The van der Waals surface area contributed by atoms with Crippen LogP contribution in [0, 0.1) is 0 Å². The van der Waals surface area contributed by atoms with Crippen molar-refractivity contribution in [2.45, 2.75) is 19.9 Å². The predicted molar refractivity (Wildman–Crippen MR) is 103 cm³/mol. The zero-order valence-electron chi connectivity index (χ0n) is 15.0. The van der Waals surface area contributed by atoms with Crippen LogP contribution in [-0.4, -0.2) is 30.2 Å². The van der Waals surface area contributed by atoms with Crippen LogP contribution in [0.3, 0.4) is 0 Å². The van der Waals surface area contributed by atoms with Gasteiger partial charge in [-0.15, -0.1) is 0 Å². The maximum absolute atomic E-state index is 12.0. The van der Waals surface area contributed by atoms with Gasteiger partial charge in [0.1, 0.15) is 0 Å². The first-order valence-corrected chi connectivity index (χ1v) is 8.93. The van der Waals surface area contributed by atoms with E-state index in [1.165, 1.54) is 10.9 Å². The number of hydrogen-bond donors (Lipinski definition) is 1. The molecule has 1 N–H and O–H groups in total. The number of fused-ring (bicyclic) bond motifs is 1. The number of hydrogen-bond acceptors (Lipinski definition) is 3. The molecule has 0 bridgehead atoms. The molecule has 3 rings (SSSR count). The molecule has 0 unspecified atom stereocenters. The minimum absolute atomic E-state index is 0.0173. The van der Waals surface area contributed by atoms with Crippen molar-refractivity contribution in [2.75, 3.05) is 19.8 Å². The summed E-state index contributed by atoms with van der Waals surface area (Å²) in [6.07, 6.45) is 2.94. The predicted octanol–water partition coefficient (Wildman–Crippen LogP) is 3.63. The van der Waals surface area contributed by atoms with Gasteiger partial charge in [-0.1, -0.05) is 30.3 Å². The number of benzene rings is 2. The number of aryl methyl sites for hydroxylation is 1. The lowest BCUT2D eigenvalue weighted by atomic mass is 10.2. The second-order valence-electron chi connectivity index (χ2n) is 5.94. The van der Waals surface area contributed by atoms with Crippen LogP contribution in [0.4, 0.5) is 0 Å². The third-order valence-electron chi connectivity index (χ3n) is 4.09. The SMILES string of the molecule is CCOc1ccccc1OCC(=O)NCCCn1ccc2ccccc21. The molecule has 2 aromatic carbocycles. The second kappa shape index (κ2) is 8.94. The second-order valence-corrected chi connectivity index (χ2v) is 5.94. The molecule has 0 atom stereocenters. The Morgan fingerprint density at radius 3 is 2.54 bits per heavy atom. The third kappa shape index (κ3) is 4.57. The number of nitrogens with zero attached hydrogens (tertiary/aromatic N) is 1. The number of amides is 1. The summed E-state index contributed by atoms with van der Waals surface area (Å²) in [6.45, 7) is 3.93. The van der Waals surface area contributed by atoms with Gasteiger partial charge in [-0.3, -0.25) is 4.79 Å². The summed E-state index contributed by atoms with van der Waals surface area (Å²) in [6, 6.07) is 17.8. The molecule has 0 aliphatic rings. The van der Waals surface area contributed by atoms with Gasteiger partial charge in [0.25, 0.3) is 5.91 Å². The Bertz CT molecular complexity index is 857. The van der Waals surface area contributed by atoms with Crippen molar-refractivity contribution in [1.29, 1.82) is 0 Å². The van der Waals surface area contributed by atoms with Gasteiger partial charge in [-0.05, 0) is 43.0 Å². The van der Waals surface area contributed by atoms with Gasteiger partial charge in [0.15, 0.2) is 18.1 Å². The summed E-state index contributed by atoms with van der Waals surface area (Å²) in [7, 11) is 0. The maximum Gasteiger partial charge on any atom is 0.257 e. The Labute approximate surface area is 153 Å². The van der Waals surface area contributed by atoms with Crippen LogP contribution in [0.1, 0.15) is 13.3 Å². The van der Waals surface area contributed by atoms with Crippen molar-refractivity contribution in [1.82, 2.24) is 9.88 Å². The first-order valence-electron chi connectivity index (χ1n) is 8.93. The highest BCUT2D eigenvalue weighted by Crippen LogP contribution is 2.26. The highest BCUT2D eigenvalue weighted by molar-refractivity contribution is 5.80. The van der Waals surface area contributed by atoms with Gasteiger partial charge in [0.05, 0.1) is 6.61 Å². The zero-order chi connectivity index (χ0) is 18.2. The van der Waals surface area contributed by atoms with E-state index in [4.69, 9.17) is 9.47 Å². The maximum atomic E-state index is 12.0. The van der Waals surface area contributed by atoms with Gasteiger partial charge in [0.2, 0.25) is 0 Å². The summed E-state index contributed by atoms with van der Waals surface area (Å²) < 4.78 is 13.3. The normalized spacial score (nSPS) is 10.7. The Hall–Kier alpha value is -2.95. The Morgan fingerprint density at radius 1 is 1.00 bits per heavy atom. The van der Waals surface area contributed by atoms with Crippen LogP contribution >= 0.6 is 0 Å². The van der Waals surface area contributed by atoms with E-state index in [-0.39, 0.29) is 12.5 Å². The summed E-state index contributed by atoms with van der Waals surface area (Å²) in [5.74, 6) is 1.11. The molecule has 0 saturated heterocycles. The molecule has 1 heterocycles. The number of para-hydroxylation sites is 3. The van der Waals surface area contributed by atoms with Gasteiger partial charge >= 0.3 is 0 Å². The fourth-order valence-electron chi connectivity index (χ4n) is 2.85. The Morgan fingerprint density at radius 2 is 1.73 bits per heavy atom. The third-order valence-corrected chi connectivity index (χ3v) is 4.09. The molecule has 0 radical (unpaired) electrons. The summed E-state index contributed by atoms with van der Waals surface area (Å²) in [5, 5.41) is 4.13. The van der Waals surface area contributed by atoms with E-state index in [1.54, 1.807) is 6.07 Å². The van der Waals surface area contributed by atoms with Crippen molar-refractivity contribution in [3.63, 3.8) is 0 Å². The molecule has 136 valence electrons. The van der Waals surface area contributed by atoms with Crippen LogP contribution in [-0.2, 0) is 11.3 Å². The van der Waals surface area contributed by atoms with Gasteiger partial charge in [-0.25, -0.2) is 0 Å². The Kier molecular flexibility index (Phi) is 6.14. The minimum atomic E-state index is -0.131. The number of nitrogens with one attached hydrogen (secondary N) is 1. The van der Waals surface area contributed by atoms with Crippen molar-refractivity contribution in [3.8, 4) is 11.5 Å². The Balaban J connectivity index is 1.41. The molecule has 26 heavy (non-hydrogen) atoms. The molecule has 0 spiro atoms. The number of aromatic nitrogens is 1. The number of ether oxygens (including phenoxy) is 2. The lowest BCUT2D eigenvalue weighted by molar-refractivity contribution is -0.123. The van der Waals surface area contributed by atoms with E-state index in [0.717, 1.165) is 13.0 Å². The largest absolute Gasteiger partial charge is 0.490 e. The van der Waals surface area contributed by atoms with Crippen LogP contribution in [0.15, 0.2) is 60.8 Å². The molecule has 0 aliphatic carbocycles. The van der Waals surface area contributed by atoms with E-state index < -0.39 is 0 Å². The summed E-state index contributed by atoms with van der Waals surface area (Å²) in [4.78, 5) is 12.0. The van der Waals surface area contributed by atoms with Gasteiger partial charge in [0, 0.05) is 24.8 Å². The molecular weight excluding hydrogens is 328 g/mol. The number of carbonyl (C=O) groups excluding carboxylic acids is 1. The minimum Gasteiger partial charge on any atom is -0.490 e. The van der Waals surface area contributed by atoms with E-state index in [0.29, 0.717) is 24.7 Å². The molecule has 5 heteroatoms. The standard InChI is InChI=1S/C21H24N2O3/c1-2-25-19-10-5-6-11-20(19)26-16-21(24)22-13-7-14-23-15-12-17-8-3-4-9-18(17)23/h3-6,8-12,15H,2,7,13-14,16H2,1H3,(H,22,24). The van der Waals surface area contributed by atoms with Crippen LogP contribution in [0.2, 0.25) is 0 Å². The van der Waals surface area contributed by atoms with Crippen LogP contribution in [0.5, 0.6) is 11.5 Å². The van der Waals surface area contributed by atoms with E-state index >= 15 is 0 Å². The lowest BCUT2D eigenvalue weighted by Gasteiger charge is -2.12. The quantitative estimate of drug-likeness (QED) is 0.599. The van der Waals surface area contributed by atoms with Gasteiger partial charge in [-0.2, -0.15) is 0 Å². The monoisotopic (exact) mass is 352 g/mol. The average Bonchev–Trinajstić information content (AvgIpc) is 3.08. The van der Waals surface area contributed by atoms with E-state index in [9.17, 15) is 4.79 Å². The van der Waals surface area contributed by atoms with Crippen molar-refractivity contribution in [2.24, 2.45) is 0 Å². The van der Waals surface area contributed by atoms with E-state index in [1.807, 2.05) is 37.3 Å². The molecule has 0 aliphatic heterocycles. The zero-order valence-corrected chi connectivity index (χ0v) is 15.0. The molecule has 1 amide bonds. The number of rotatable bonds is 9. The average molecular weight is 352 g/mol. The van der Waals surface area contributed by atoms with Crippen molar-refractivity contribution < 1.29 is 14.3 Å². The first kappa shape index (κ1) is 17.9. The van der Waals surface area contributed by atoms with Crippen LogP contribution in [0.25, 0.3) is 10.9 Å². The molecular formula is C21H24N2O3. The molecule has 3 aromatic rings. The summed E-state index contributed by atoms with van der Waals surface area (Å²) in [5.41, 5.74) is 1.22. The topological polar surface area (TPSA) is 52.5 Å². The van der Waals surface area contributed by atoms with Crippen molar-refractivity contribution >= 4 is 16.8 Å². The highest BCUT2D eigenvalue weighted by Gasteiger charge is 2.07. The molecule has 1 aromatic heterocycles. The van der Waals surface area contributed by atoms with Gasteiger partial charge < -0.3 is 19.4 Å². The molecule has 0 saturated carbocycles. The van der Waals surface area contributed by atoms with Crippen molar-refractivity contribution in [3.05, 3.63) is 60.8 Å².